The second-order valence-corrected chi connectivity index (χ2v) is 13.7. The van der Waals surface area contributed by atoms with Crippen LogP contribution in [0.5, 0.6) is 0 Å². The molecule has 230 valence electrons. The molecule has 0 amide bonds. The number of para-hydroxylation sites is 4. The largest absolute Gasteiger partial charge is 0.347 e. The van der Waals surface area contributed by atoms with Crippen molar-refractivity contribution in [1.29, 1.82) is 0 Å². The number of hydrogen-bond donors (Lipinski definition) is 0. The Morgan fingerprint density at radius 1 is 0.652 bits per heavy atom. The lowest BCUT2D eigenvalue weighted by atomic mass is 9.81. The molecule has 0 fully saturated rings. The van der Waals surface area contributed by atoms with Crippen molar-refractivity contribution in [2.75, 3.05) is 23.9 Å². The minimum absolute atomic E-state index is 0.0730. The number of benzene rings is 4. The molecule has 0 unspecified atom stereocenters. The summed E-state index contributed by atoms with van der Waals surface area (Å²) in [6, 6.07) is 39.2. The topological polar surface area (TPSA) is 9.49 Å². The normalized spacial score (nSPS) is 19.9. The lowest BCUT2D eigenvalue weighted by molar-refractivity contribution is -0.401. The lowest BCUT2D eigenvalue weighted by Crippen LogP contribution is -2.26. The zero-order chi connectivity index (χ0) is 32.1. The van der Waals surface area contributed by atoms with Gasteiger partial charge in [0.2, 0.25) is 5.69 Å². The first-order valence-corrected chi connectivity index (χ1v) is 16.5. The summed E-state index contributed by atoms with van der Waals surface area (Å²) in [5.41, 5.74) is 14.1. The molecule has 0 spiro atoms. The van der Waals surface area contributed by atoms with Crippen LogP contribution >= 0.6 is 0 Å². The van der Waals surface area contributed by atoms with Crippen LogP contribution in [0.2, 0.25) is 0 Å². The van der Waals surface area contributed by atoms with E-state index in [-0.39, 0.29) is 10.8 Å². The molecule has 0 N–H and O–H groups in total. The predicted octanol–water partition coefficient (Wildman–Crippen LogP) is 10.4. The predicted molar refractivity (Wildman–Crippen MR) is 195 cm³/mol. The van der Waals surface area contributed by atoms with Crippen LogP contribution in [-0.4, -0.2) is 24.4 Å². The third-order valence-corrected chi connectivity index (χ3v) is 10.3. The molecule has 4 aromatic rings. The Hall–Kier alpha value is -4.89. The van der Waals surface area contributed by atoms with E-state index in [4.69, 9.17) is 0 Å². The third-order valence-electron chi connectivity index (χ3n) is 10.3. The number of anilines is 3. The molecule has 4 aromatic carbocycles. The van der Waals surface area contributed by atoms with E-state index in [9.17, 15) is 0 Å². The maximum Gasteiger partial charge on any atom is 0.209 e. The number of fused-ring (bicyclic) bond motifs is 2. The van der Waals surface area contributed by atoms with E-state index in [2.05, 4.69) is 190 Å². The summed E-state index contributed by atoms with van der Waals surface area (Å²) >= 11 is 0. The summed E-state index contributed by atoms with van der Waals surface area (Å²) in [6.07, 6.45) is 11.5. The molecule has 7 rings (SSSR count). The summed E-state index contributed by atoms with van der Waals surface area (Å²) in [7, 11) is 4.40. The number of rotatable bonds is 6. The molecule has 2 heterocycles. The van der Waals surface area contributed by atoms with Gasteiger partial charge in [-0.1, -0.05) is 98.8 Å². The molecule has 46 heavy (non-hydrogen) atoms. The van der Waals surface area contributed by atoms with E-state index in [1.165, 1.54) is 62.1 Å². The number of hydrogen-bond acceptors (Lipinski definition) is 2. The van der Waals surface area contributed by atoms with Gasteiger partial charge in [-0.05, 0) is 79.8 Å². The van der Waals surface area contributed by atoms with Gasteiger partial charge >= 0.3 is 0 Å². The van der Waals surface area contributed by atoms with E-state index in [0.717, 1.165) is 12.8 Å². The van der Waals surface area contributed by atoms with Gasteiger partial charge in [-0.3, -0.25) is 0 Å². The van der Waals surface area contributed by atoms with Crippen LogP contribution < -0.4 is 9.80 Å². The van der Waals surface area contributed by atoms with Crippen molar-refractivity contribution in [1.82, 2.24) is 0 Å². The van der Waals surface area contributed by atoms with Crippen molar-refractivity contribution >= 4 is 28.5 Å². The van der Waals surface area contributed by atoms with Gasteiger partial charge < -0.3 is 9.80 Å². The van der Waals surface area contributed by atoms with Crippen molar-refractivity contribution in [3.05, 3.63) is 167 Å². The number of allylic oxidation sites excluding steroid dienone is 7. The Labute approximate surface area is 274 Å². The van der Waals surface area contributed by atoms with Gasteiger partial charge in [0, 0.05) is 52.9 Å². The first kappa shape index (κ1) is 29.8. The van der Waals surface area contributed by atoms with Gasteiger partial charge in [0.1, 0.15) is 7.05 Å². The number of nitrogens with zero attached hydrogens (tertiary/aromatic N) is 3. The minimum Gasteiger partial charge on any atom is -0.347 e. The lowest BCUT2D eigenvalue weighted by Gasteiger charge is -2.29. The zero-order valence-corrected chi connectivity index (χ0v) is 28.0. The van der Waals surface area contributed by atoms with Gasteiger partial charge in [-0.2, -0.15) is 4.58 Å². The molecule has 0 atom stereocenters. The van der Waals surface area contributed by atoms with E-state index in [1.54, 1.807) is 0 Å². The first-order valence-electron chi connectivity index (χ1n) is 16.5. The van der Waals surface area contributed by atoms with Crippen molar-refractivity contribution in [3.63, 3.8) is 0 Å². The van der Waals surface area contributed by atoms with Gasteiger partial charge in [-0.25, -0.2) is 0 Å². The van der Waals surface area contributed by atoms with E-state index < -0.39 is 0 Å². The smallest absolute Gasteiger partial charge is 0.209 e. The fourth-order valence-electron chi connectivity index (χ4n) is 7.85. The second kappa shape index (κ2) is 11.5. The molecule has 0 saturated heterocycles. The Balaban J connectivity index is 1.38. The van der Waals surface area contributed by atoms with Crippen molar-refractivity contribution in [3.8, 4) is 0 Å². The van der Waals surface area contributed by atoms with Gasteiger partial charge in [-0.15, -0.1) is 0 Å². The first-order chi connectivity index (χ1) is 22.2. The Kier molecular flexibility index (Phi) is 7.44. The number of likely N-dealkylation sites (N-methyl/N-ethyl adjacent to an activating group) is 1. The summed E-state index contributed by atoms with van der Waals surface area (Å²) in [5.74, 6) is 0. The molecule has 3 aliphatic rings. The van der Waals surface area contributed by atoms with Crippen LogP contribution in [0.1, 0.15) is 51.7 Å². The fraction of sp³-hybridized carbons (Fsp3) is 0.233. The standard InChI is InChI=1S/C43H44N3/c1-42(2)35-21-13-15-23-37(35)44(5)39(42)29-27-31-25-26-32(28-30-40-43(3,4)36-22-14-16-24-38(36)45(40)6)41(31)46(33-17-9-7-10-18-33)34-19-11-8-12-20-34/h7-24,27-30H,25-26H2,1-6H3/q+1. The highest BCUT2D eigenvalue weighted by atomic mass is 15.2. The molecular formula is C43H44N3+. The van der Waals surface area contributed by atoms with Gasteiger partial charge in [0.05, 0.1) is 11.1 Å². The molecule has 2 aliphatic heterocycles. The Morgan fingerprint density at radius 2 is 1.24 bits per heavy atom. The highest BCUT2D eigenvalue weighted by Crippen LogP contribution is 2.48. The fourth-order valence-corrected chi connectivity index (χ4v) is 7.85. The molecule has 3 nitrogen and oxygen atoms in total. The van der Waals surface area contributed by atoms with Crippen LogP contribution in [0, 0.1) is 0 Å². The monoisotopic (exact) mass is 602 g/mol. The van der Waals surface area contributed by atoms with Crippen LogP contribution in [0.4, 0.5) is 22.7 Å². The quantitative estimate of drug-likeness (QED) is 0.203. The molecule has 0 bridgehead atoms. The maximum absolute atomic E-state index is 2.46. The van der Waals surface area contributed by atoms with E-state index in [0.29, 0.717) is 0 Å². The van der Waals surface area contributed by atoms with E-state index in [1.807, 2.05) is 0 Å². The average Bonchev–Trinajstić information content (AvgIpc) is 3.62. The SMILES string of the molecule is CN1/C(=C/C=C2\CCC(/C=C/C3=[N+](C)c4ccccc4C3(C)C)=C2N(c2ccccc2)c2ccccc2)C(C)(C)c2ccccc21. The van der Waals surface area contributed by atoms with Crippen LogP contribution in [0.25, 0.3) is 0 Å². The third kappa shape index (κ3) is 4.86. The zero-order valence-electron chi connectivity index (χ0n) is 28.0. The van der Waals surface area contributed by atoms with Crippen molar-refractivity contribution in [2.24, 2.45) is 0 Å². The highest BCUT2D eigenvalue weighted by molar-refractivity contribution is 6.03. The molecule has 0 saturated carbocycles. The summed E-state index contributed by atoms with van der Waals surface area (Å²) < 4.78 is 2.37. The second-order valence-electron chi connectivity index (χ2n) is 13.7. The van der Waals surface area contributed by atoms with Crippen molar-refractivity contribution in [2.45, 2.75) is 51.4 Å². The Morgan fingerprint density at radius 3 is 1.87 bits per heavy atom. The summed E-state index contributed by atoms with van der Waals surface area (Å²) in [5, 5.41) is 0. The van der Waals surface area contributed by atoms with Crippen molar-refractivity contribution < 1.29 is 4.58 Å². The van der Waals surface area contributed by atoms with Gasteiger partial charge in [0.15, 0.2) is 5.71 Å². The van der Waals surface area contributed by atoms with Crippen LogP contribution in [0.15, 0.2) is 156 Å². The average molecular weight is 603 g/mol. The van der Waals surface area contributed by atoms with Gasteiger partial charge in [0.25, 0.3) is 0 Å². The molecule has 3 heteroatoms. The summed E-state index contributed by atoms with van der Waals surface area (Å²) in [4.78, 5) is 4.82. The maximum atomic E-state index is 2.46. The molecular weight excluding hydrogens is 558 g/mol. The summed E-state index contributed by atoms with van der Waals surface area (Å²) in [6.45, 7) is 9.37. The van der Waals surface area contributed by atoms with Crippen LogP contribution in [0.3, 0.4) is 0 Å². The molecule has 1 aliphatic carbocycles. The van der Waals surface area contributed by atoms with E-state index >= 15 is 0 Å². The Bertz CT molecular complexity index is 1910. The molecule has 0 aromatic heterocycles. The minimum atomic E-state index is -0.0730. The molecule has 0 radical (unpaired) electrons. The van der Waals surface area contributed by atoms with Crippen LogP contribution in [-0.2, 0) is 10.8 Å². The highest BCUT2D eigenvalue weighted by Gasteiger charge is 2.43.